The highest BCUT2D eigenvalue weighted by Crippen LogP contribution is 2.28. The molecule has 1 saturated heterocycles. The number of rotatable bonds is 6. The summed E-state index contributed by atoms with van der Waals surface area (Å²) in [6.45, 7) is 4.42. The van der Waals surface area contributed by atoms with Crippen LogP contribution in [0.15, 0.2) is 0 Å². The molecule has 0 amide bonds. The molecule has 1 heterocycles. The minimum absolute atomic E-state index is 0.434. The molecule has 15 heavy (non-hydrogen) atoms. The Kier molecular flexibility index (Phi) is 6.26. The van der Waals surface area contributed by atoms with Gasteiger partial charge in [-0.2, -0.15) is 0 Å². The Labute approximate surface area is 94.8 Å². The lowest BCUT2D eigenvalue weighted by molar-refractivity contribution is 0.170. The summed E-state index contributed by atoms with van der Waals surface area (Å²) in [7, 11) is 1.80. The van der Waals surface area contributed by atoms with E-state index < -0.39 is 0 Å². The summed E-state index contributed by atoms with van der Waals surface area (Å²) in [6.07, 6.45) is 10.6. The van der Waals surface area contributed by atoms with E-state index in [-0.39, 0.29) is 0 Å². The fourth-order valence-corrected chi connectivity index (χ4v) is 2.79. The van der Waals surface area contributed by atoms with E-state index in [4.69, 9.17) is 4.74 Å². The molecule has 1 aliphatic rings. The number of hydrogen-bond donors (Lipinski definition) is 1. The molecular weight excluding hydrogens is 186 g/mol. The van der Waals surface area contributed by atoms with E-state index in [0.29, 0.717) is 5.54 Å². The van der Waals surface area contributed by atoms with Gasteiger partial charge in [-0.05, 0) is 38.6 Å². The van der Waals surface area contributed by atoms with Crippen LogP contribution in [0.25, 0.3) is 0 Å². The molecule has 2 nitrogen and oxygen atoms in total. The third kappa shape index (κ3) is 4.52. The summed E-state index contributed by atoms with van der Waals surface area (Å²) in [5.74, 6) is 0. The van der Waals surface area contributed by atoms with Gasteiger partial charge >= 0.3 is 0 Å². The summed E-state index contributed by atoms with van der Waals surface area (Å²) in [6, 6.07) is 0. The molecule has 90 valence electrons. The van der Waals surface area contributed by atoms with Crippen molar-refractivity contribution in [3.8, 4) is 0 Å². The standard InChI is InChI=1S/C13H27NO/c1-3-8-13(10-7-12-15-2)9-5-4-6-11-14-13/h14H,3-12H2,1-2H3. The quantitative estimate of drug-likeness (QED) is 0.685. The van der Waals surface area contributed by atoms with Crippen LogP contribution in [0.5, 0.6) is 0 Å². The topological polar surface area (TPSA) is 21.3 Å². The first-order chi connectivity index (χ1) is 7.33. The van der Waals surface area contributed by atoms with Crippen LogP contribution in [0.4, 0.5) is 0 Å². The zero-order valence-corrected chi connectivity index (χ0v) is 10.5. The Bertz CT molecular complexity index is 151. The van der Waals surface area contributed by atoms with E-state index in [1.807, 2.05) is 0 Å². The molecule has 2 heteroatoms. The molecule has 0 aromatic carbocycles. The van der Waals surface area contributed by atoms with Gasteiger partial charge in [0.2, 0.25) is 0 Å². The van der Waals surface area contributed by atoms with Crippen molar-refractivity contribution in [3.05, 3.63) is 0 Å². The third-order valence-electron chi connectivity index (χ3n) is 3.56. The minimum atomic E-state index is 0.434. The van der Waals surface area contributed by atoms with Crippen LogP contribution in [0.2, 0.25) is 0 Å². The smallest absolute Gasteiger partial charge is 0.0462 e. The van der Waals surface area contributed by atoms with Gasteiger partial charge in [-0.25, -0.2) is 0 Å². The van der Waals surface area contributed by atoms with E-state index in [2.05, 4.69) is 12.2 Å². The Morgan fingerprint density at radius 1 is 1.20 bits per heavy atom. The summed E-state index contributed by atoms with van der Waals surface area (Å²) >= 11 is 0. The molecule has 0 aromatic heterocycles. The monoisotopic (exact) mass is 213 g/mol. The second kappa shape index (κ2) is 7.24. The predicted octanol–water partition coefficient (Wildman–Crippen LogP) is 3.12. The lowest BCUT2D eigenvalue weighted by Gasteiger charge is -2.34. The lowest BCUT2D eigenvalue weighted by atomic mass is 9.84. The second-order valence-electron chi connectivity index (χ2n) is 4.86. The SMILES string of the molecule is CCCC1(CCCOC)CCCCCN1. The normalized spacial score (nSPS) is 27.6. The number of ether oxygens (including phenoxy) is 1. The number of nitrogens with one attached hydrogen (secondary N) is 1. The molecule has 0 aromatic rings. The van der Waals surface area contributed by atoms with Crippen molar-refractivity contribution in [1.29, 1.82) is 0 Å². The highest BCUT2D eigenvalue weighted by molar-refractivity contribution is 4.89. The molecule has 0 aliphatic carbocycles. The maximum absolute atomic E-state index is 5.16. The lowest BCUT2D eigenvalue weighted by Crippen LogP contribution is -2.44. The molecule has 0 saturated carbocycles. The van der Waals surface area contributed by atoms with Crippen molar-refractivity contribution in [2.24, 2.45) is 0 Å². The first kappa shape index (κ1) is 13.0. The number of hydrogen-bond acceptors (Lipinski definition) is 2. The van der Waals surface area contributed by atoms with Crippen LogP contribution in [-0.2, 0) is 4.74 Å². The first-order valence-corrected chi connectivity index (χ1v) is 6.57. The van der Waals surface area contributed by atoms with Crippen LogP contribution < -0.4 is 5.32 Å². The maximum atomic E-state index is 5.16. The van der Waals surface area contributed by atoms with Gasteiger partial charge in [0.1, 0.15) is 0 Å². The predicted molar refractivity (Wildman–Crippen MR) is 65.2 cm³/mol. The Morgan fingerprint density at radius 3 is 2.80 bits per heavy atom. The van der Waals surface area contributed by atoms with Gasteiger partial charge in [0.25, 0.3) is 0 Å². The molecular formula is C13H27NO. The average Bonchev–Trinajstić information content (AvgIpc) is 2.45. The highest BCUT2D eigenvalue weighted by Gasteiger charge is 2.28. The van der Waals surface area contributed by atoms with Crippen molar-refractivity contribution in [2.45, 2.75) is 63.8 Å². The molecule has 1 atom stereocenters. The average molecular weight is 213 g/mol. The van der Waals surface area contributed by atoms with Crippen LogP contribution in [0, 0.1) is 0 Å². The zero-order chi connectivity index (χ0) is 11.0. The van der Waals surface area contributed by atoms with E-state index in [0.717, 1.165) is 6.61 Å². The van der Waals surface area contributed by atoms with Crippen molar-refractivity contribution in [3.63, 3.8) is 0 Å². The Balaban J connectivity index is 2.42. The summed E-state index contributed by atoms with van der Waals surface area (Å²) < 4.78 is 5.16. The summed E-state index contributed by atoms with van der Waals surface area (Å²) in [4.78, 5) is 0. The molecule has 1 rings (SSSR count). The molecule has 0 radical (unpaired) electrons. The van der Waals surface area contributed by atoms with Crippen molar-refractivity contribution in [2.75, 3.05) is 20.3 Å². The highest BCUT2D eigenvalue weighted by atomic mass is 16.5. The molecule has 1 aliphatic heterocycles. The van der Waals surface area contributed by atoms with E-state index >= 15 is 0 Å². The molecule has 1 N–H and O–H groups in total. The summed E-state index contributed by atoms with van der Waals surface area (Å²) in [5.41, 5.74) is 0.434. The molecule has 0 spiro atoms. The minimum Gasteiger partial charge on any atom is -0.385 e. The van der Waals surface area contributed by atoms with Crippen LogP contribution in [0.1, 0.15) is 58.3 Å². The van der Waals surface area contributed by atoms with Gasteiger partial charge in [0.15, 0.2) is 0 Å². The fourth-order valence-electron chi connectivity index (χ4n) is 2.79. The summed E-state index contributed by atoms with van der Waals surface area (Å²) in [5, 5.41) is 3.80. The van der Waals surface area contributed by atoms with E-state index in [1.165, 1.54) is 57.9 Å². The third-order valence-corrected chi connectivity index (χ3v) is 3.56. The fraction of sp³-hybridized carbons (Fsp3) is 1.00. The van der Waals surface area contributed by atoms with Gasteiger partial charge in [0.05, 0.1) is 0 Å². The van der Waals surface area contributed by atoms with Crippen molar-refractivity contribution >= 4 is 0 Å². The second-order valence-corrected chi connectivity index (χ2v) is 4.86. The van der Waals surface area contributed by atoms with Crippen molar-refractivity contribution in [1.82, 2.24) is 5.32 Å². The van der Waals surface area contributed by atoms with Gasteiger partial charge < -0.3 is 10.1 Å². The van der Waals surface area contributed by atoms with E-state index in [1.54, 1.807) is 7.11 Å². The molecule has 0 bridgehead atoms. The Morgan fingerprint density at radius 2 is 2.07 bits per heavy atom. The van der Waals surface area contributed by atoms with Gasteiger partial charge in [-0.3, -0.25) is 0 Å². The van der Waals surface area contributed by atoms with Crippen LogP contribution in [-0.4, -0.2) is 25.8 Å². The maximum Gasteiger partial charge on any atom is 0.0462 e. The van der Waals surface area contributed by atoms with Gasteiger partial charge in [0, 0.05) is 19.3 Å². The first-order valence-electron chi connectivity index (χ1n) is 6.57. The largest absolute Gasteiger partial charge is 0.385 e. The van der Waals surface area contributed by atoms with Gasteiger partial charge in [-0.15, -0.1) is 0 Å². The molecule has 1 unspecified atom stereocenters. The number of methoxy groups -OCH3 is 1. The van der Waals surface area contributed by atoms with Gasteiger partial charge in [-0.1, -0.05) is 26.2 Å². The van der Waals surface area contributed by atoms with Crippen LogP contribution in [0.3, 0.4) is 0 Å². The Hall–Kier alpha value is -0.0800. The van der Waals surface area contributed by atoms with Crippen molar-refractivity contribution < 1.29 is 4.74 Å². The van der Waals surface area contributed by atoms with Crippen LogP contribution >= 0.6 is 0 Å². The zero-order valence-electron chi connectivity index (χ0n) is 10.5. The molecule has 1 fully saturated rings. The van der Waals surface area contributed by atoms with E-state index in [9.17, 15) is 0 Å².